The fourth-order valence-corrected chi connectivity index (χ4v) is 3.01. The zero-order chi connectivity index (χ0) is 19.2. The third-order valence-corrected chi connectivity index (χ3v) is 4.43. The Kier molecular flexibility index (Phi) is 4.56. The minimum absolute atomic E-state index is 0.317. The van der Waals surface area contributed by atoms with Gasteiger partial charge in [-0.3, -0.25) is 0 Å². The lowest BCUT2D eigenvalue weighted by Gasteiger charge is -2.01. The molecular formula is C22H23B2N. The molecule has 0 fully saturated rings. The Labute approximate surface area is 155 Å². The third-order valence-electron chi connectivity index (χ3n) is 4.43. The van der Waals surface area contributed by atoms with Crippen molar-refractivity contribution in [2.24, 2.45) is 0 Å². The van der Waals surface area contributed by atoms with Crippen LogP contribution in [0.1, 0.15) is 13.9 Å². The maximum absolute atomic E-state index is 7.13. The van der Waals surface area contributed by atoms with Gasteiger partial charge in [0, 0.05) is 13.6 Å². The molecule has 0 spiro atoms. The highest BCUT2D eigenvalue weighted by Crippen LogP contribution is 2.18. The van der Waals surface area contributed by atoms with E-state index in [1.165, 1.54) is 32.8 Å². The number of aromatic nitrogens is 1. The molecule has 0 bridgehead atoms. The first-order valence-corrected chi connectivity index (χ1v) is 8.44. The van der Waals surface area contributed by atoms with Gasteiger partial charge in [-0.05, 0) is 48.5 Å². The van der Waals surface area contributed by atoms with Crippen molar-refractivity contribution in [3.05, 3.63) is 78.0 Å². The van der Waals surface area contributed by atoms with Gasteiger partial charge in [-0.1, -0.05) is 73.2 Å². The molecule has 0 aliphatic heterocycles. The molecule has 4 aromatic rings. The van der Waals surface area contributed by atoms with Gasteiger partial charge in [0.2, 0.25) is 7.41 Å². The fourth-order valence-electron chi connectivity index (χ4n) is 3.01. The molecule has 0 saturated carbocycles. The van der Waals surface area contributed by atoms with E-state index in [0.29, 0.717) is 13.6 Å². The Bertz CT molecular complexity index is 1040. The highest BCUT2D eigenvalue weighted by Gasteiger charge is 2.00. The van der Waals surface area contributed by atoms with Gasteiger partial charge in [0.05, 0.1) is 0 Å². The van der Waals surface area contributed by atoms with Gasteiger partial charge in [-0.15, -0.1) is 0 Å². The summed E-state index contributed by atoms with van der Waals surface area (Å²) in [7, 11) is 3.78. The van der Waals surface area contributed by atoms with E-state index in [0.717, 1.165) is 5.46 Å². The smallest absolute Gasteiger partial charge is 0.248 e. The largest absolute Gasteiger partial charge is 0.397 e. The van der Waals surface area contributed by atoms with E-state index in [1.807, 2.05) is 31.4 Å². The van der Waals surface area contributed by atoms with E-state index in [2.05, 4.69) is 68.4 Å². The molecule has 0 unspecified atom stereocenters. The predicted molar refractivity (Wildman–Crippen MR) is 114 cm³/mol. The fraction of sp³-hybridized carbons (Fsp3) is 0.182. The summed E-state index contributed by atoms with van der Waals surface area (Å²) in [6.45, 7) is 4.87. The van der Waals surface area contributed by atoms with Gasteiger partial charge >= 0.3 is 0 Å². The summed E-state index contributed by atoms with van der Waals surface area (Å²) >= 11 is 0. The second-order valence-corrected chi connectivity index (χ2v) is 6.23. The Morgan fingerprint density at radius 3 is 2.56 bits per heavy atom. The summed E-state index contributed by atoms with van der Waals surface area (Å²) in [5.74, 6) is 0. The number of fused-ring (bicyclic) bond motifs is 2. The summed E-state index contributed by atoms with van der Waals surface area (Å²) in [5.41, 5.74) is 4.90. The van der Waals surface area contributed by atoms with Crippen LogP contribution in [0.3, 0.4) is 0 Å². The maximum Gasteiger partial charge on any atom is 0.248 e. The zero-order valence-corrected chi connectivity index (χ0v) is 14.9. The monoisotopic (exact) mass is 325 g/mol. The number of hydrogen-bond donors (Lipinski definition) is 0. The first kappa shape index (κ1) is 14.9. The summed E-state index contributed by atoms with van der Waals surface area (Å²) in [4.78, 5) is 0. The molecule has 0 saturated heterocycles. The molecule has 2 radical (unpaired) electrons. The average Bonchev–Trinajstić information content (AvgIpc) is 3.08. The minimum Gasteiger partial charge on any atom is -0.397 e. The Balaban J connectivity index is 0.000000156. The summed E-state index contributed by atoms with van der Waals surface area (Å²) in [5, 5.41) is 3.79. The molecule has 0 amide bonds. The second kappa shape index (κ2) is 7.65. The van der Waals surface area contributed by atoms with E-state index in [4.69, 9.17) is 2.74 Å². The quantitative estimate of drug-likeness (QED) is 0.458. The summed E-state index contributed by atoms with van der Waals surface area (Å²) < 4.78 is 16.3. The van der Waals surface area contributed by atoms with Crippen LogP contribution in [0, 0.1) is 13.8 Å². The van der Waals surface area contributed by atoms with E-state index >= 15 is 0 Å². The van der Waals surface area contributed by atoms with Crippen LogP contribution < -0.4 is 5.46 Å². The lowest BCUT2D eigenvalue weighted by Crippen LogP contribution is -2.08. The predicted octanol–water partition coefficient (Wildman–Crippen LogP) is 4.99. The third kappa shape index (κ3) is 3.82. The molecule has 0 aliphatic carbocycles. The van der Waals surface area contributed by atoms with Crippen LogP contribution in [0.2, 0.25) is 13.6 Å². The topological polar surface area (TPSA) is 4.93 Å². The number of nitrogens with zero attached hydrogens (tertiary/aromatic N) is 1. The van der Waals surface area contributed by atoms with Crippen LogP contribution in [0.25, 0.3) is 21.7 Å². The van der Waals surface area contributed by atoms with Gasteiger partial charge in [0.15, 0.2) is 0 Å². The van der Waals surface area contributed by atoms with Gasteiger partial charge in [0.1, 0.15) is 7.28 Å². The summed E-state index contributed by atoms with van der Waals surface area (Å²) in [6.07, 6.45) is 2.01. The first-order chi connectivity index (χ1) is 13.1. The second-order valence-electron chi connectivity index (χ2n) is 6.23. The molecule has 3 aromatic carbocycles. The molecule has 4 rings (SSSR count). The van der Waals surface area contributed by atoms with Gasteiger partial charge in [-0.2, -0.15) is 0 Å². The zero-order valence-electron chi connectivity index (χ0n) is 16.9. The van der Waals surface area contributed by atoms with E-state index in [-0.39, 0.29) is 0 Å². The van der Waals surface area contributed by atoms with E-state index < -0.39 is 0 Å². The molecule has 1 nitrogen and oxygen atoms in total. The number of rotatable bonds is 2. The standard InChI is InChI=1S/C12H12B.C10H11BN/c1-9-3-4-11-8-12(13-2)6-5-10(11)7-9;1-8-4-3-5-10-9(8)6-7-12(10)11-2/h3-8H,1-2H3;3-7H,1-2H3/i2*2D. The molecule has 1 heterocycles. The van der Waals surface area contributed by atoms with Crippen molar-refractivity contribution < 1.29 is 2.74 Å². The molecule has 25 heavy (non-hydrogen) atoms. The van der Waals surface area contributed by atoms with E-state index in [1.54, 1.807) is 0 Å². The maximum atomic E-state index is 7.13. The van der Waals surface area contributed by atoms with Crippen LogP contribution in [-0.2, 0) is 0 Å². The van der Waals surface area contributed by atoms with Gasteiger partial charge < -0.3 is 4.48 Å². The molecular weight excluding hydrogens is 300 g/mol. The van der Waals surface area contributed by atoms with E-state index in [9.17, 15) is 0 Å². The minimum atomic E-state index is 0.317. The van der Waals surface area contributed by atoms with Crippen LogP contribution in [0.15, 0.2) is 66.9 Å². The number of aryl methyl sites for hydroxylation is 2. The molecule has 122 valence electrons. The Morgan fingerprint density at radius 2 is 1.72 bits per heavy atom. The lowest BCUT2D eigenvalue weighted by atomic mass is 9.73. The molecule has 0 N–H and O–H groups in total. The van der Waals surface area contributed by atoms with Gasteiger partial charge in [-0.25, -0.2) is 0 Å². The van der Waals surface area contributed by atoms with Crippen molar-refractivity contribution in [3.63, 3.8) is 0 Å². The molecule has 0 aliphatic rings. The van der Waals surface area contributed by atoms with Crippen molar-refractivity contribution in [2.75, 3.05) is 0 Å². The lowest BCUT2D eigenvalue weighted by molar-refractivity contribution is 1.29. The van der Waals surface area contributed by atoms with Crippen LogP contribution in [0.5, 0.6) is 0 Å². The molecule has 3 heteroatoms. The molecule has 0 atom stereocenters. The average molecular weight is 325 g/mol. The van der Waals surface area contributed by atoms with Gasteiger partial charge in [0.25, 0.3) is 0 Å². The molecule has 1 aromatic heterocycles. The first-order valence-electron chi connectivity index (χ1n) is 9.85. The van der Waals surface area contributed by atoms with Crippen molar-refractivity contribution in [1.82, 2.24) is 4.48 Å². The summed E-state index contributed by atoms with van der Waals surface area (Å²) in [6, 6.07) is 21.1. The number of benzene rings is 3. The number of hydrogen-bond acceptors (Lipinski definition) is 0. The van der Waals surface area contributed by atoms with Crippen LogP contribution >= 0.6 is 0 Å². The Hall–Kier alpha value is -2.41. The SMILES string of the molecule is [2H]C[B]c1ccc2cc(C)ccc2c1.[2H]C[B]n1ccc2c(C)cccc21. The highest BCUT2D eigenvalue weighted by molar-refractivity contribution is 6.52. The van der Waals surface area contributed by atoms with Crippen molar-refractivity contribution >= 4 is 41.8 Å². The Morgan fingerprint density at radius 1 is 0.880 bits per heavy atom. The van der Waals surface area contributed by atoms with Crippen LogP contribution in [0.4, 0.5) is 0 Å². The van der Waals surface area contributed by atoms with Crippen molar-refractivity contribution in [3.8, 4) is 0 Å². The highest BCUT2D eigenvalue weighted by atomic mass is 14.9. The van der Waals surface area contributed by atoms with Crippen LogP contribution in [-0.4, -0.2) is 19.2 Å². The van der Waals surface area contributed by atoms with Crippen molar-refractivity contribution in [2.45, 2.75) is 27.4 Å². The van der Waals surface area contributed by atoms with Crippen molar-refractivity contribution in [1.29, 1.82) is 0 Å². The normalized spacial score (nSPS) is 11.4.